The lowest BCUT2D eigenvalue weighted by Gasteiger charge is -2.39. The van der Waals surface area contributed by atoms with Crippen LogP contribution in [-0.4, -0.2) is 58.8 Å². The molecule has 0 rings (SSSR count). The van der Waals surface area contributed by atoms with Gasteiger partial charge in [-0.05, 0) is 44.9 Å². The Morgan fingerprint density at radius 1 is 0.538 bits per heavy atom. The largest absolute Gasteiger partial charge is 0.550 e. The second kappa shape index (κ2) is 26.3. The molecule has 0 aromatic carbocycles. The summed E-state index contributed by atoms with van der Waals surface area (Å²) < 4.78 is 0.609. The Morgan fingerprint density at radius 2 is 0.897 bits per heavy atom. The molecule has 0 saturated carbocycles. The van der Waals surface area contributed by atoms with Crippen LogP contribution in [-0.2, 0) is 14.4 Å². The highest BCUT2D eigenvalue weighted by Gasteiger charge is 2.26. The molecule has 0 heterocycles. The van der Waals surface area contributed by atoms with Gasteiger partial charge in [-0.2, -0.15) is 0 Å². The Labute approximate surface area is 238 Å². The first kappa shape index (κ1) is 37.1. The van der Waals surface area contributed by atoms with Crippen LogP contribution < -0.4 is 5.11 Å². The lowest BCUT2D eigenvalue weighted by atomic mass is 10.1. The average Bonchev–Trinajstić information content (AvgIpc) is 2.87. The van der Waals surface area contributed by atoms with Crippen LogP contribution in [0, 0.1) is 0 Å². The zero-order valence-electron chi connectivity index (χ0n) is 25.0. The van der Waals surface area contributed by atoms with Crippen molar-refractivity contribution < 1.29 is 34.2 Å². The summed E-state index contributed by atoms with van der Waals surface area (Å²) in [6.45, 7) is 5.01. The summed E-state index contributed by atoms with van der Waals surface area (Å²) in [7, 11) is 0. The number of nitrogens with zero attached hydrogens (tertiary/aromatic N) is 1. The summed E-state index contributed by atoms with van der Waals surface area (Å²) >= 11 is 0. The maximum atomic E-state index is 11.1. The second-order valence-electron chi connectivity index (χ2n) is 11.4. The number of carboxylic acid groups (broad SMARTS) is 3. The minimum Gasteiger partial charge on any atom is -0.550 e. The topological polar surface area (TPSA) is 115 Å². The number of rotatable bonds is 30. The minimum absolute atomic E-state index is 0.0224. The highest BCUT2D eigenvalue weighted by atomic mass is 16.4. The predicted octanol–water partition coefficient (Wildman–Crippen LogP) is 6.88. The van der Waals surface area contributed by atoms with Crippen LogP contribution in [0.15, 0.2) is 12.2 Å². The third kappa shape index (κ3) is 26.1. The van der Waals surface area contributed by atoms with E-state index in [1.54, 1.807) is 0 Å². The van der Waals surface area contributed by atoms with Gasteiger partial charge in [-0.15, -0.1) is 0 Å². The number of quaternary nitrogens is 1. The van der Waals surface area contributed by atoms with E-state index in [2.05, 4.69) is 19.1 Å². The van der Waals surface area contributed by atoms with Gasteiger partial charge in [0.1, 0.15) is 0 Å². The van der Waals surface area contributed by atoms with Gasteiger partial charge in [0, 0.05) is 25.2 Å². The van der Waals surface area contributed by atoms with Crippen LogP contribution in [0.2, 0.25) is 0 Å². The van der Waals surface area contributed by atoms with E-state index in [0.29, 0.717) is 43.4 Å². The highest BCUT2D eigenvalue weighted by molar-refractivity contribution is 5.66. The van der Waals surface area contributed by atoms with E-state index in [4.69, 9.17) is 10.2 Å². The number of unbranched alkanes of at least 4 members (excludes halogenated alkanes) is 14. The van der Waals surface area contributed by atoms with E-state index in [1.165, 1.54) is 77.0 Å². The van der Waals surface area contributed by atoms with Crippen LogP contribution in [0.3, 0.4) is 0 Å². The number of aliphatic carboxylic acids is 3. The molecular formula is C32H59NO6. The molecule has 0 aliphatic rings. The van der Waals surface area contributed by atoms with Gasteiger partial charge in [0.15, 0.2) is 0 Å². The summed E-state index contributed by atoms with van der Waals surface area (Å²) in [6, 6.07) is 0. The molecular weight excluding hydrogens is 494 g/mol. The van der Waals surface area contributed by atoms with Gasteiger partial charge in [0.05, 0.1) is 39.0 Å². The van der Waals surface area contributed by atoms with Crippen molar-refractivity contribution in [2.24, 2.45) is 0 Å². The van der Waals surface area contributed by atoms with E-state index >= 15 is 0 Å². The number of hydrogen-bond donors (Lipinski definition) is 2. The van der Waals surface area contributed by atoms with E-state index in [9.17, 15) is 19.5 Å². The van der Waals surface area contributed by atoms with Crippen LogP contribution in [0.25, 0.3) is 0 Å². The minimum atomic E-state index is -1.08. The van der Waals surface area contributed by atoms with Crippen molar-refractivity contribution in [3.05, 3.63) is 12.2 Å². The van der Waals surface area contributed by atoms with Gasteiger partial charge < -0.3 is 24.6 Å². The number of carbonyl (C=O) groups is 3. The number of carbonyl (C=O) groups excluding carboxylic acids is 1. The molecule has 0 amide bonds. The average molecular weight is 554 g/mol. The van der Waals surface area contributed by atoms with Gasteiger partial charge in [-0.1, -0.05) is 83.3 Å². The Hall–Kier alpha value is -1.89. The first-order valence-corrected chi connectivity index (χ1v) is 15.9. The zero-order chi connectivity index (χ0) is 29.0. The SMILES string of the molecule is CCCCCCCCCC/C=C/CCCCCCCC[N+](CCCC(=O)[O-])(CCCC(=O)O)CCCC(=O)O. The number of hydrogen-bond acceptors (Lipinski definition) is 4. The molecule has 0 spiro atoms. The maximum absolute atomic E-state index is 11.1. The molecule has 0 aromatic rings. The Morgan fingerprint density at radius 3 is 1.31 bits per heavy atom. The molecule has 2 N–H and O–H groups in total. The molecule has 7 heteroatoms. The lowest BCUT2D eigenvalue weighted by Crippen LogP contribution is -2.51. The third-order valence-electron chi connectivity index (χ3n) is 7.70. The van der Waals surface area contributed by atoms with Crippen molar-refractivity contribution in [3.8, 4) is 0 Å². The van der Waals surface area contributed by atoms with Crippen molar-refractivity contribution >= 4 is 17.9 Å². The van der Waals surface area contributed by atoms with Gasteiger partial charge >= 0.3 is 11.9 Å². The monoisotopic (exact) mass is 553 g/mol. The molecule has 0 aromatic heterocycles. The van der Waals surface area contributed by atoms with Crippen LogP contribution in [0.4, 0.5) is 0 Å². The van der Waals surface area contributed by atoms with Gasteiger partial charge in [-0.3, -0.25) is 9.59 Å². The van der Waals surface area contributed by atoms with Crippen LogP contribution in [0.5, 0.6) is 0 Å². The molecule has 39 heavy (non-hydrogen) atoms. The molecule has 7 nitrogen and oxygen atoms in total. The van der Waals surface area contributed by atoms with Gasteiger partial charge in [0.25, 0.3) is 0 Å². The summed E-state index contributed by atoms with van der Waals surface area (Å²) in [4.78, 5) is 33.1. The van der Waals surface area contributed by atoms with Crippen molar-refractivity contribution in [1.29, 1.82) is 0 Å². The fourth-order valence-electron chi connectivity index (χ4n) is 5.41. The molecule has 0 atom stereocenters. The maximum Gasteiger partial charge on any atom is 0.303 e. The van der Waals surface area contributed by atoms with E-state index in [0.717, 1.165) is 32.2 Å². The Bertz CT molecular complexity index is 598. The van der Waals surface area contributed by atoms with Crippen molar-refractivity contribution in [3.63, 3.8) is 0 Å². The molecule has 0 aliphatic carbocycles. The molecule has 0 unspecified atom stereocenters. The zero-order valence-corrected chi connectivity index (χ0v) is 25.0. The molecule has 0 radical (unpaired) electrons. The van der Waals surface area contributed by atoms with Crippen LogP contribution in [0.1, 0.15) is 148 Å². The molecule has 228 valence electrons. The second-order valence-corrected chi connectivity index (χ2v) is 11.4. The Balaban J connectivity index is 4.21. The first-order chi connectivity index (χ1) is 18.8. The fraction of sp³-hybridized carbons (Fsp3) is 0.844. The quantitative estimate of drug-likeness (QED) is 0.0569. The van der Waals surface area contributed by atoms with Crippen LogP contribution >= 0.6 is 0 Å². The summed E-state index contributed by atoms with van der Waals surface area (Å²) in [5.74, 6) is -2.75. The smallest absolute Gasteiger partial charge is 0.303 e. The molecule has 0 saturated heterocycles. The summed E-state index contributed by atoms with van der Waals surface area (Å²) in [6.07, 6.45) is 26.5. The molecule has 0 fully saturated rings. The summed E-state index contributed by atoms with van der Waals surface area (Å²) in [5.41, 5.74) is 0. The third-order valence-corrected chi connectivity index (χ3v) is 7.70. The van der Waals surface area contributed by atoms with Crippen molar-refractivity contribution in [2.45, 2.75) is 148 Å². The van der Waals surface area contributed by atoms with Gasteiger partial charge in [0.2, 0.25) is 0 Å². The van der Waals surface area contributed by atoms with Crippen molar-refractivity contribution in [2.75, 3.05) is 26.2 Å². The van der Waals surface area contributed by atoms with E-state index in [1.807, 2.05) is 0 Å². The standard InChI is InChI=1S/C32H59NO6/c1-2-3-4-5-6-7-8-9-10-11-12-13-14-15-16-17-18-19-26-33(27-20-23-30(34)35,28-21-24-31(36)37)29-22-25-32(38)39/h11-12H,2-10,13-29H2,1H3,(H2-,34,35,36,37,38,39)/b12-11+. The number of allylic oxidation sites excluding steroid dienone is 2. The normalized spacial score (nSPS) is 11.8. The van der Waals surface area contributed by atoms with E-state index < -0.39 is 17.9 Å². The summed E-state index contributed by atoms with van der Waals surface area (Å²) in [5, 5.41) is 29.1. The predicted molar refractivity (Wildman–Crippen MR) is 156 cm³/mol. The number of carboxylic acids is 3. The van der Waals surface area contributed by atoms with Crippen molar-refractivity contribution in [1.82, 2.24) is 0 Å². The fourth-order valence-corrected chi connectivity index (χ4v) is 5.41. The molecule has 0 bridgehead atoms. The van der Waals surface area contributed by atoms with Gasteiger partial charge in [-0.25, -0.2) is 0 Å². The van der Waals surface area contributed by atoms with E-state index in [-0.39, 0.29) is 19.3 Å². The lowest BCUT2D eigenvalue weighted by molar-refractivity contribution is -0.929. The highest BCUT2D eigenvalue weighted by Crippen LogP contribution is 2.18. The Kier molecular flexibility index (Phi) is 25.1. The molecule has 0 aliphatic heterocycles. The first-order valence-electron chi connectivity index (χ1n) is 15.9.